The Morgan fingerprint density at radius 1 is 1.67 bits per heavy atom. The van der Waals surface area contributed by atoms with Gasteiger partial charge in [0.25, 0.3) is 0 Å². The molecule has 0 aliphatic carbocycles. The zero-order chi connectivity index (χ0) is 8.97. The van der Waals surface area contributed by atoms with Crippen LogP contribution in [0.1, 0.15) is 6.92 Å². The molecule has 1 aromatic rings. The monoisotopic (exact) mass is 166 g/mol. The second-order valence-corrected chi connectivity index (χ2v) is 2.21. The molecule has 1 rings (SSSR count). The number of hydrogen-bond donors (Lipinski definition) is 0. The summed E-state index contributed by atoms with van der Waals surface area (Å²) >= 11 is 0. The highest BCUT2D eigenvalue weighted by Gasteiger charge is 2.09. The van der Waals surface area contributed by atoms with Crippen molar-refractivity contribution in [1.29, 1.82) is 0 Å². The third-order valence-electron chi connectivity index (χ3n) is 1.35. The van der Waals surface area contributed by atoms with Gasteiger partial charge in [0.1, 0.15) is 0 Å². The van der Waals surface area contributed by atoms with Crippen LogP contribution >= 0.6 is 0 Å². The Kier molecular flexibility index (Phi) is 2.76. The number of hydrogen-bond acceptors (Lipinski definition) is 3. The van der Waals surface area contributed by atoms with Gasteiger partial charge in [-0.05, 0) is 12.1 Å². The fourth-order valence-corrected chi connectivity index (χ4v) is 0.890. The molecule has 1 heterocycles. The number of rotatable bonds is 2. The van der Waals surface area contributed by atoms with Crippen molar-refractivity contribution in [3.05, 3.63) is 24.5 Å². The minimum Gasteiger partial charge on any atom is -0.273 e. The molecule has 4 nitrogen and oxygen atoms in total. The molecule has 1 aromatic heterocycles. The van der Waals surface area contributed by atoms with E-state index < -0.39 is 0 Å². The summed E-state index contributed by atoms with van der Waals surface area (Å²) in [5, 5.41) is 1.17. The van der Waals surface area contributed by atoms with Crippen molar-refractivity contribution in [2.24, 2.45) is 0 Å². The third kappa shape index (κ3) is 1.79. The van der Waals surface area contributed by atoms with E-state index in [1.807, 2.05) is 0 Å². The standard InChI is InChI=1S/C8H10N2O2/c1-7(11)10(12-2)8-4-3-5-9-6-8/h3-6H,1-2H3. The topological polar surface area (TPSA) is 42.4 Å². The molecule has 0 saturated carbocycles. The molecule has 0 aliphatic heterocycles. The summed E-state index contributed by atoms with van der Waals surface area (Å²) in [6.45, 7) is 1.43. The third-order valence-corrected chi connectivity index (χ3v) is 1.35. The first-order chi connectivity index (χ1) is 5.75. The van der Waals surface area contributed by atoms with Gasteiger partial charge in [0.05, 0.1) is 19.0 Å². The Balaban J connectivity index is 2.88. The van der Waals surface area contributed by atoms with E-state index in [2.05, 4.69) is 4.98 Å². The van der Waals surface area contributed by atoms with Gasteiger partial charge in [-0.3, -0.25) is 14.6 Å². The van der Waals surface area contributed by atoms with Gasteiger partial charge in [0, 0.05) is 13.1 Å². The first kappa shape index (κ1) is 8.67. The molecule has 0 N–H and O–H groups in total. The molecule has 1 amide bonds. The molecule has 0 spiro atoms. The minimum atomic E-state index is -0.175. The predicted molar refractivity (Wildman–Crippen MR) is 44.4 cm³/mol. The number of anilines is 1. The number of carbonyl (C=O) groups excluding carboxylic acids is 1. The number of amides is 1. The maximum atomic E-state index is 10.9. The molecule has 4 heteroatoms. The Morgan fingerprint density at radius 3 is 2.83 bits per heavy atom. The summed E-state index contributed by atoms with van der Waals surface area (Å²) in [5.41, 5.74) is 0.632. The lowest BCUT2D eigenvalue weighted by atomic mass is 10.4. The zero-order valence-electron chi connectivity index (χ0n) is 7.02. The quantitative estimate of drug-likeness (QED) is 0.615. The second-order valence-electron chi connectivity index (χ2n) is 2.21. The van der Waals surface area contributed by atoms with Crippen LogP contribution in [0.5, 0.6) is 0 Å². The van der Waals surface area contributed by atoms with Crippen LogP contribution in [-0.2, 0) is 9.63 Å². The number of hydroxylamine groups is 1. The second kappa shape index (κ2) is 3.82. The van der Waals surface area contributed by atoms with Crippen molar-refractivity contribution in [2.75, 3.05) is 12.2 Å². The summed E-state index contributed by atoms with van der Waals surface area (Å²) in [7, 11) is 1.44. The van der Waals surface area contributed by atoms with Crippen molar-refractivity contribution < 1.29 is 9.63 Å². The van der Waals surface area contributed by atoms with Crippen LogP contribution in [0.4, 0.5) is 5.69 Å². The van der Waals surface area contributed by atoms with Crippen LogP contribution in [0.25, 0.3) is 0 Å². The van der Waals surface area contributed by atoms with E-state index >= 15 is 0 Å². The van der Waals surface area contributed by atoms with Gasteiger partial charge in [-0.15, -0.1) is 0 Å². The van der Waals surface area contributed by atoms with Crippen LogP contribution in [0.2, 0.25) is 0 Å². The highest BCUT2D eigenvalue weighted by atomic mass is 16.7. The lowest BCUT2D eigenvalue weighted by Crippen LogP contribution is -2.26. The summed E-state index contributed by atoms with van der Waals surface area (Å²) in [6.07, 6.45) is 3.20. The minimum absolute atomic E-state index is 0.175. The lowest BCUT2D eigenvalue weighted by molar-refractivity contribution is -0.122. The number of aromatic nitrogens is 1. The first-order valence-corrected chi connectivity index (χ1v) is 3.50. The molecule has 12 heavy (non-hydrogen) atoms. The fourth-order valence-electron chi connectivity index (χ4n) is 0.890. The van der Waals surface area contributed by atoms with Crippen molar-refractivity contribution in [1.82, 2.24) is 4.98 Å². The van der Waals surface area contributed by atoms with Crippen molar-refractivity contribution >= 4 is 11.6 Å². The average Bonchev–Trinajstić information content (AvgIpc) is 2.07. The van der Waals surface area contributed by atoms with E-state index in [4.69, 9.17) is 4.84 Å². The van der Waals surface area contributed by atoms with E-state index in [9.17, 15) is 4.79 Å². The molecule has 0 aromatic carbocycles. The van der Waals surface area contributed by atoms with Gasteiger partial charge < -0.3 is 0 Å². The van der Waals surface area contributed by atoms with Crippen LogP contribution in [0, 0.1) is 0 Å². The van der Waals surface area contributed by atoms with E-state index in [0.717, 1.165) is 0 Å². The number of nitrogens with zero attached hydrogens (tertiary/aromatic N) is 2. The first-order valence-electron chi connectivity index (χ1n) is 3.50. The molecule has 0 aliphatic rings. The largest absolute Gasteiger partial charge is 0.273 e. The predicted octanol–water partition coefficient (Wildman–Crippen LogP) is 0.996. The van der Waals surface area contributed by atoms with E-state index in [-0.39, 0.29) is 5.91 Å². The normalized spacial score (nSPS) is 9.50. The summed E-state index contributed by atoms with van der Waals surface area (Å²) in [5.74, 6) is -0.175. The highest BCUT2D eigenvalue weighted by Crippen LogP contribution is 2.10. The Labute approximate surface area is 70.7 Å². The van der Waals surface area contributed by atoms with Crippen molar-refractivity contribution in [2.45, 2.75) is 6.92 Å². The SMILES string of the molecule is CON(C(C)=O)c1cccnc1. The molecular formula is C8H10N2O2. The maximum Gasteiger partial charge on any atom is 0.247 e. The van der Waals surface area contributed by atoms with Gasteiger partial charge in [0.2, 0.25) is 5.91 Å². The van der Waals surface area contributed by atoms with Gasteiger partial charge >= 0.3 is 0 Å². The maximum absolute atomic E-state index is 10.9. The van der Waals surface area contributed by atoms with Gasteiger partial charge in [-0.25, -0.2) is 0 Å². The Hall–Kier alpha value is -1.42. The molecular weight excluding hydrogens is 156 g/mol. The molecule has 0 fully saturated rings. The summed E-state index contributed by atoms with van der Waals surface area (Å²) < 4.78 is 0. The van der Waals surface area contributed by atoms with Crippen LogP contribution in [-0.4, -0.2) is 18.0 Å². The molecule has 0 bridgehead atoms. The van der Waals surface area contributed by atoms with Gasteiger partial charge in [-0.1, -0.05) is 0 Å². The molecule has 0 radical (unpaired) electrons. The van der Waals surface area contributed by atoms with E-state index in [0.29, 0.717) is 5.69 Å². The molecule has 0 atom stereocenters. The molecule has 0 unspecified atom stereocenters. The van der Waals surface area contributed by atoms with Gasteiger partial charge in [0.15, 0.2) is 0 Å². The van der Waals surface area contributed by atoms with E-state index in [1.54, 1.807) is 24.5 Å². The summed E-state index contributed by atoms with van der Waals surface area (Å²) in [4.78, 5) is 19.7. The molecule has 64 valence electrons. The van der Waals surface area contributed by atoms with Crippen molar-refractivity contribution in [3.63, 3.8) is 0 Å². The summed E-state index contributed by atoms with van der Waals surface area (Å²) in [6, 6.07) is 3.49. The van der Waals surface area contributed by atoms with E-state index in [1.165, 1.54) is 19.1 Å². The van der Waals surface area contributed by atoms with Crippen LogP contribution < -0.4 is 5.06 Å². The zero-order valence-corrected chi connectivity index (χ0v) is 7.02. The number of pyridine rings is 1. The van der Waals surface area contributed by atoms with Crippen LogP contribution in [0.15, 0.2) is 24.5 Å². The van der Waals surface area contributed by atoms with Gasteiger partial charge in [-0.2, -0.15) is 5.06 Å². The molecule has 0 saturated heterocycles. The fraction of sp³-hybridized carbons (Fsp3) is 0.250. The smallest absolute Gasteiger partial charge is 0.247 e. The Bertz CT molecular complexity index is 261. The van der Waals surface area contributed by atoms with Crippen LogP contribution in [0.3, 0.4) is 0 Å². The average molecular weight is 166 g/mol. The van der Waals surface area contributed by atoms with Crippen molar-refractivity contribution in [3.8, 4) is 0 Å². The lowest BCUT2D eigenvalue weighted by Gasteiger charge is -2.16. The highest BCUT2D eigenvalue weighted by molar-refractivity contribution is 5.88. The number of carbonyl (C=O) groups is 1. The Morgan fingerprint density at radius 2 is 2.42 bits per heavy atom.